The molecule has 2 aromatic carbocycles. The maximum atomic E-state index is 13.7. The van der Waals surface area contributed by atoms with Crippen molar-refractivity contribution in [2.24, 2.45) is 0 Å². The van der Waals surface area contributed by atoms with Crippen molar-refractivity contribution in [2.75, 3.05) is 17.6 Å². The summed E-state index contributed by atoms with van der Waals surface area (Å²) in [5, 5.41) is 2.91. The number of amides is 2. The summed E-state index contributed by atoms with van der Waals surface area (Å²) in [5.74, 6) is -0.713. The fourth-order valence-electron chi connectivity index (χ4n) is 2.39. The fourth-order valence-corrected chi connectivity index (χ4v) is 3.84. The smallest absolute Gasteiger partial charge is 0.308 e. The van der Waals surface area contributed by atoms with Gasteiger partial charge in [-0.1, -0.05) is 23.7 Å². The summed E-state index contributed by atoms with van der Waals surface area (Å²) in [4.78, 5) is 14.0. The first-order valence-electron chi connectivity index (χ1n) is 6.94. The van der Waals surface area contributed by atoms with Gasteiger partial charge < -0.3 is 10.2 Å². The largest absolute Gasteiger partial charge is 0.323 e. The summed E-state index contributed by atoms with van der Waals surface area (Å²) < 4.78 is 26.6. The molecule has 3 nitrogen and oxygen atoms in total. The average molecular weight is 355 g/mol. The van der Waals surface area contributed by atoms with Gasteiger partial charge in [0.1, 0.15) is 17.0 Å². The van der Waals surface area contributed by atoms with E-state index in [2.05, 4.69) is 5.32 Å². The number of hydrogen-bond donors (Lipinski definition) is 1. The van der Waals surface area contributed by atoms with Gasteiger partial charge in [-0.2, -0.15) is 0 Å². The number of nitrogens with one attached hydrogen (secondary N) is 1. The second-order valence-electron chi connectivity index (χ2n) is 5.03. The molecule has 1 aliphatic heterocycles. The Bertz CT molecular complexity index is 744. The van der Waals surface area contributed by atoms with Gasteiger partial charge in [0.05, 0.1) is 5.69 Å². The minimum atomic E-state index is -0.801. The topological polar surface area (TPSA) is 32.3 Å². The molecule has 0 aliphatic carbocycles. The standard InChI is InChI=1S/C16H13ClF2N2OS/c17-11-3-1-2-10(8-11)15-21(6-7-23-15)16(22)20-14-5-4-12(18)9-13(14)19/h1-5,8-9,15H,6-7H2,(H,20,22). The van der Waals surface area contributed by atoms with Crippen LogP contribution >= 0.6 is 23.4 Å². The molecular formula is C16H13ClF2N2OS. The van der Waals surface area contributed by atoms with E-state index in [4.69, 9.17) is 11.6 Å². The molecule has 1 atom stereocenters. The van der Waals surface area contributed by atoms with Gasteiger partial charge in [0.2, 0.25) is 0 Å². The van der Waals surface area contributed by atoms with E-state index in [-0.39, 0.29) is 11.1 Å². The number of halogens is 3. The highest BCUT2D eigenvalue weighted by molar-refractivity contribution is 7.99. The lowest BCUT2D eigenvalue weighted by Crippen LogP contribution is -2.34. The lowest BCUT2D eigenvalue weighted by atomic mass is 10.2. The highest BCUT2D eigenvalue weighted by atomic mass is 35.5. The van der Waals surface area contributed by atoms with Crippen LogP contribution in [0.5, 0.6) is 0 Å². The van der Waals surface area contributed by atoms with E-state index in [0.29, 0.717) is 11.6 Å². The van der Waals surface area contributed by atoms with Crippen LogP contribution in [0.25, 0.3) is 0 Å². The first-order chi connectivity index (χ1) is 11.0. The molecule has 2 amide bonds. The Morgan fingerprint density at radius 1 is 1.26 bits per heavy atom. The number of carbonyl (C=O) groups is 1. The van der Waals surface area contributed by atoms with Crippen molar-refractivity contribution in [3.63, 3.8) is 0 Å². The van der Waals surface area contributed by atoms with Gasteiger partial charge in [-0.3, -0.25) is 0 Å². The molecule has 1 saturated heterocycles. The molecule has 0 aromatic heterocycles. The molecule has 120 valence electrons. The fraction of sp³-hybridized carbons (Fsp3) is 0.188. The zero-order valence-electron chi connectivity index (χ0n) is 11.9. The third-order valence-electron chi connectivity index (χ3n) is 3.46. The Morgan fingerprint density at radius 2 is 2.09 bits per heavy atom. The molecule has 2 aromatic rings. The molecule has 3 rings (SSSR count). The van der Waals surface area contributed by atoms with Crippen molar-refractivity contribution in [3.8, 4) is 0 Å². The van der Waals surface area contributed by atoms with Gasteiger partial charge in [-0.25, -0.2) is 13.6 Å². The summed E-state index contributed by atoms with van der Waals surface area (Å²) in [7, 11) is 0. The minimum absolute atomic E-state index is 0.0434. The number of benzene rings is 2. The van der Waals surface area contributed by atoms with Crippen molar-refractivity contribution >= 4 is 35.1 Å². The highest BCUT2D eigenvalue weighted by Crippen LogP contribution is 2.38. The van der Waals surface area contributed by atoms with Gasteiger partial charge >= 0.3 is 6.03 Å². The van der Waals surface area contributed by atoms with Crippen LogP contribution in [-0.4, -0.2) is 23.2 Å². The zero-order chi connectivity index (χ0) is 16.4. The molecule has 23 heavy (non-hydrogen) atoms. The molecule has 0 saturated carbocycles. The number of thioether (sulfide) groups is 1. The molecule has 0 radical (unpaired) electrons. The Balaban J connectivity index is 1.78. The number of anilines is 1. The van der Waals surface area contributed by atoms with E-state index in [1.54, 1.807) is 22.7 Å². The molecule has 7 heteroatoms. The predicted molar refractivity (Wildman–Crippen MR) is 88.7 cm³/mol. The second-order valence-corrected chi connectivity index (χ2v) is 6.65. The maximum Gasteiger partial charge on any atom is 0.323 e. The maximum absolute atomic E-state index is 13.7. The van der Waals surface area contributed by atoms with Crippen molar-refractivity contribution < 1.29 is 13.6 Å². The quantitative estimate of drug-likeness (QED) is 0.832. The Hall–Kier alpha value is -1.79. The minimum Gasteiger partial charge on any atom is -0.308 e. The van der Waals surface area contributed by atoms with E-state index >= 15 is 0 Å². The number of rotatable bonds is 2. The summed E-state index contributed by atoms with van der Waals surface area (Å²) in [6.45, 7) is 0.538. The Morgan fingerprint density at radius 3 is 2.83 bits per heavy atom. The lowest BCUT2D eigenvalue weighted by Gasteiger charge is -2.24. The summed E-state index contributed by atoms with van der Waals surface area (Å²) in [5.41, 5.74) is 0.868. The van der Waals surface area contributed by atoms with Crippen LogP contribution in [0.4, 0.5) is 19.3 Å². The Labute approximate surface area is 141 Å². The molecule has 0 spiro atoms. The zero-order valence-corrected chi connectivity index (χ0v) is 13.5. The summed E-state index contributed by atoms with van der Waals surface area (Å²) in [6, 6.07) is 9.92. The van der Waals surface area contributed by atoms with Gasteiger partial charge in [0, 0.05) is 23.4 Å². The molecule has 1 N–H and O–H groups in total. The van der Waals surface area contributed by atoms with E-state index in [0.717, 1.165) is 23.4 Å². The van der Waals surface area contributed by atoms with Gasteiger partial charge in [0.25, 0.3) is 0 Å². The number of hydrogen-bond acceptors (Lipinski definition) is 2. The predicted octanol–water partition coefficient (Wildman–Crippen LogP) is 4.90. The van der Waals surface area contributed by atoms with Crippen LogP contribution < -0.4 is 5.32 Å². The SMILES string of the molecule is O=C(Nc1ccc(F)cc1F)N1CCSC1c1cccc(Cl)c1. The third kappa shape index (κ3) is 3.59. The van der Waals surface area contributed by atoms with Crippen molar-refractivity contribution in [2.45, 2.75) is 5.37 Å². The summed E-state index contributed by atoms with van der Waals surface area (Å²) >= 11 is 7.61. The average Bonchev–Trinajstić information content (AvgIpc) is 2.99. The van der Waals surface area contributed by atoms with Crippen molar-refractivity contribution in [1.29, 1.82) is 0 Å². The lowest BCUT2D eigenvalue weighted by molar-refractivity contribution is 0.214. The Kier molecular flexibility index (Phi) is 4.73. The van der Waals surface area contributed by atoms with E-state index in [1.807, 2.05) is 18.2 Å². The first kappa shape index (κ1) is 16.1. The molecule has 1 aliphatic rings. The van der Waals surface area contributed by atoms with E-state index < -0.39 is 17.7 Å². The van der Waals surface area contributed by atoms with Crippen molar-refractivity contribution in [3.05, 3.63) is 64.7 Å². The molecule has 1 heterocycles. The van der Waals surface area contributed by atoms with Crippen molar-refractivity contribution in [1.82, 2.24) is 4.90 Å². The highest BCUT2D eigenvalue weighted by Gasteiger charge is 2.31. The molecule has 0 bridgehead atoms. The number of carbonyl (C=O) groups excluding carboxylic acids is 1. The molecular weight excluding hydrogens is 342 g/mol. The van der Waals surface area contributed by atoms with E-state index in [1.165, 1.54) is 6.07 Å². The normalized spacial score (nSPS) is 17.3. The first-order valence-corrected chi connectivity index (χ1v) is 8.37. The van der Waals surface area contributed by atoms with Gasteiger partial charge in [-0.15, -0.1) is 11.8 Å². The van der Waals surface area contributed by atoms with Gasteiger partial charge in [0.15, 0.2) is 0 Å². The van der Waals surface area contributed by atoms with Crippen LogP contribution in [0, 0.1) is 11.6 Å². The third-order valence-corrected chi connectivity index (χ3v) is 4.95. The van der Waals surface area contributed by atoms with Crippen LogP contribution in [-0.2, 0) is 0 Å². The second kappa shape index (κ2) is 6.76. The molecule has 1 fully saturated rings. The number of nitrogens with zero attached hydrogens (tertiary/aromatic N) is 1. The number of urea groups is 1. The van der Waals surface area contributed by atoms with Crippen LogP contribution in [0.2, 0.25) is 5.02 Å². The molecule has 1 unspecified atom stereocenters. The van der Waals surface area contributed by atoms with Crippen LogP contribution in [0.1, 0.15) is 10.9 Å². The van der Waals surface area contributed by atoms with Gasteiger partial charge in [-0.05, 0) is 29.8 Å². The summed E-state index contributed by atoms with van der Waals surface area (Å²) in [6.07, 6.45) is 0. The van der Waals surface area contributed by atoms with Crippen LogP contribution in [0.3, 0.4) is 0 Å². The van der Waals surface area contributed by atoms with Crippen LogP contribution in [0.15, 0.2) is 42.5 Å². The monoisotopic (exact) mass is 354 g/mol. The van der Waals surface area contributed by atoms with E-state index in [9.17, 15) is 13.6 Å².